The third-order valence-electron chi connectivity index (χ3n) is 4.41. The van der Waals surface area contributed by atoms with Crippen molar-refractivity contribution in [3.63, 3.8) is 0 Å². The first-order valence-electron chi connectivity index (χ1n) is 8.12. The second-order valence-corrected chi connectivity index (χ2v) is 5.98. The fourth-order valence-corrected chi connectivity index (χ4v) is 3.42. The number of anilines is 1. The van der Waals surface area contributed by atoms with Gasteiger partial charge in [-0.15, -0.1) is 0 Å². The summed E-state index contributed by atoms with van der Waals surface area (Å²) >= 11 is 0. The minimum Gasteiger partial charge on any atom is -0.278 e. The van der Waals surface area contributed by atoms with Crippen molar-refractivity contribution in [2.45, 2.75) is 51.9 Å². The molecule has 3 heteroatoms. The zero-order chi connectivity index (χ0) is 14.7. The molecule has 3 nitrogen and oxygen atoms in total. The number of hydrogen-bond donors (Lipinski definition) is 0. The maximum Gasteiger partial charge on any atom is 0.242 e. The number of para-hydroxylation sites is 1. The summed E-state index contributed by atoms with van der Waals surface area (Å²) in [7, 11) is 0. The number of fused-ring (bicyclic) bond motifs is 1. The lowest BCUT2D eigenvalue weighted by Crippen LogP contribution is -2.46. The Labute approximate surface area is 127 Å². The van der Waals surface area contributed by atoms with Gasteiger partial charge < -0.3 is 0 Å². The number of carbonyl (C=O) groups is 1. The van der Waals surface area contributed by atoms with Crippen LogP contribution in [0.25, 0.3) is 0 Å². The summed E-state index contributed by atoms with van der Waals surface area (Å²) in [6.07, 6.45) is 10.2. The highest BCUT2D eigenvalue weighted by Crippen LogP contribution is 2.31. The molecule has 1 aliphatic heterocycles. The van der Waals surface area contributed by atoms with Crippen LogP contribution in [0.15, 0.2) is 36.0 Å². The van der Waals surface area contributed by atoms with Gasteiger partial charge in [-0.3, -0.25) is 9.80 Å². The van der Waals surface area contributed by atoms with Crippen LogP contribution in [-0.4, -0.2) is 17.5 Å². The first-order valence-corrected chi connectivity index (χ1v) is 8.12. The molecule has 0 atom stereocenters. The lowest BCUT2D eigenvalue weighted by atomic mass is 10.0. The van der Waals surface area contributed by atoms with Crippen molar-refractivity contribution >= 4 is 11.6 Å². The third kappa shape index (κ3) is 2.97. The topological polar surface area (TPSA) is 23.6 Å². The van der Waals surface area contributed by atoms with Gasteiger partial charge in [-0.05, 0) is 56.6 Å². The standard InChI is InChI=1S/C18H24N2O/c1-15(21)20(17-11-3-2-4-12-17)19-14-8-7-10-16-9-5-6-13-18(16)19/h5-6,9,11,13H,2-4,7-8,10,12,14H2,1H3. The lowest BCUT2D eigenvalue weighted by Gasteiger charge is -2.38. The Hall–Kier alpha value is -1.77. The van der Waals surface area contributed by atoms with Crippen molar-refractivity contribution in [1.82, 2.24) is 5.01 Å². The molecular weight excluding hydrogens is 260 g/mol. The summed E-state index contributed by atoms with van der Waals surface area (Å²) in [4.78, 5) is 12.3. The summed E-state index contributed by atoms with van der Waals surface area (Å²) in [5.74, 6) is 0.125. The molecule has 1 aliphatic carbocycles. The number of benzene rings is 1. The Morgan fingerprint density at radius 3 is 2.67 bits per heavy atom. The van der Waals surface area contributed by atoms with Crippen molar-refractivity contribution < 1.29 is 4.79 Å². The second-order valence-electron chi connectivity index (χ2n) is 5.98. The van der Waals surface area contributed by atoms with E-state index in [9.17, 15) is 4.79 Å². The zero-order valence-corrected chi connectivity index (χ0v) is 12.8. The molecule has 0 saturated heterocycles. The van der Waals surface area contributed by atoms with Crippen LogP contribution < -0.4 is 5.01 Å². The number of allylic oxidation sites excluding steroid dienone is 2. The van der Waals surface area contributed by atoms with Gasteiger partial charge in [0.05, 0.1) is 5.69 Å². The van der Waals surface area contributed by atoms with E-state index in [1.165, 1.54) is 36.2 Å². The lowest BCUT2D eigenvalue weighted by molar-refractivity contribution is -0.127. The monoisotopic (exact) mass is 284 g/mol. The Morgan fingerprint density at radius 2 is 1.90 bits per heavy atom. The molecule has 112 valence electrons. The van der Waals surface area contributed by atoms with Gasteiger partial charge in [-0.1, -0.05) is 24.3 Å². The SMILES string of the molecule is CC(=O)N(C1=CCCCC1)N1CCCCc2ccccc21. The van der Waals surface area contributed by atoms with Crippen LogP contribution in [0.2, 0.25) is 0 Å². The number of rotatable bonds is 2. The zero-order valence-electron chi connectivity index (χ0n) is 12.8. The molecular formula is C18H24N2O. The van der Waals surface area contributed by atoms with Crippen molar-refractivity contribution in [2.24, 2.45) is 0 Å². The van der Waals surface area contributed by atoms with Crippen LogP contribution in [0.1, 0.15) is 51.0 Å². The number of aryl methyl sites for hydroxylation is 1. The van der Waals surface area contributed by atoms with E-state index in [4.69, 9.17) is 0 Å². The summed E-state index contributed by atoms with van der Waals surface area (Å²) in [5, 5.41) is 4.14. The van der Waals surface area contributed by atoms with Gasteiger partial charge in [0.25, 0.3) is 0 Å². The van der Waals surface area contributed by atoms with Crippen LogP contribution in [0, 0.1) is 0 Å². The highest BCUT2D eigenvalue weighted by atomic mass is 16.2. The van der Waals surface area contributed by atoms with E-state index < -0.39 is 0 Å². The Balaban J connectivity index is 1.99. The van der Waals surface area contributed by atoms with Gasteiger partial charge in [-0.2, -0.15) is 0 Å². The molecule has 0 unspecified atom stereocenters. The summed E-state index contributed by atoms with van der Waals surface area (Å²) in [6, 6.07) is 8.52. The van der Waals surface area contributed by atoms with E-state index in [0.29, 0.717) is 0 Å². The molecule has 1 amide bonds. The molecule has 2 aliphatic rings. The Bertz CT molecular complexity index is 550. The predicted molar refractivity (Wildman–Crippen MR) is 85.8 cm³/mol. The first kappa shape index (κ1) is 14.2. The molecule has 3 rings (SSSR count). The Kier molecular flexibility index (Phi) is 4.28. The maximum atomic E-state index is 12.3. The van der Waals surface area contributed by atoms with Crippen molar-refractivity contribution in [1.29, 1.82) is 0 Å². The van der Waals surface area contributed by atoms with Crippen molar-refractivity contribution in [3.05, 3.63) is 41.6 Å². The van der Waals surface area contributed by atoms with Crippen molar-refractivity contribution in [2.75, 3.05) is 11.6 Å². The van der Waals surface area contributed by atoms with E-state index in [0.717, 1.165) is 32.2 Å². The van der Waals surface area contributed by atoms with Crippen LogP contribution >= 0.6 is 0 Å². The predicted octanol–water partition coefficient (Wildman–Crippen LogP) is 4.05. The van der Waals surface area contributed by atoms with E-state index in [-0.39, 0.29) is 5.91 Å². The second kappa shape index (κ2) is 6.33. The number of hydrazine groups is 1. The van der Waals surface area contributed by atoms with Crippen LogP contribution in [0.4, 0.5) is 5.69 Å². The normalized spacial score (nSPS) is 18.5. The summed E-state index contributed by atoms with van der Waals surface area (Å²) in [5.41, 5.74) is 3.75. The van der Waals surface area contributed by atoms with Crippen LogP contribution in [-0.2, 0) is 11.2 Å². The maximum absolute atomic E-state index is 12.3. The first-order chi connectivity index (χ1) is 10.3. The largest absolute Gasteiger partial charge is 0.278 e. The number of nitrogens with zero attached hydrogens (tertiary/aromatic N) is 2. The Morgan fingerprint density at radius 1 is 1.10 bits per heavy atom. The van der Waals surface area contributed by atoms with E-state index in [2.05, 4.69) is 35.4 Å². The fourth-order valence-electron chi connectivity index (χ4n) is 3.42. The molecule has 21 heavy (non-hydrogen) atoms. The molecule has 0 spiro atoms. The van der Waals surface area contributed by atoms with Crippen molar-refractivity contribution in [3.8, 4) is 0 Å². The summed E-state index contributed by atoms with van der Waals surface area (Å²) in [6.45, 7) is 2.61. The third-order valence-corrected chi connectivity index (χ3v) is 4.41. The number of carbonyl (C=O) groups excluding carboxylic acids is 1. The fraction of sp³-hybridized carbons (Fsp3) is 0.500. The molecule has 0 bridgehead atoms. The highest BCUT2D eigenvalue weighted by Gasteiger charge is 2.26. The van der Waals surface area contributed by atoms with E-state index in [1.807, 2.05) is 5.01 Å². The van der Waals surface area contributed by atoms with E-state index >= 15 is 0 Å². The summed E-state index contributed by atoms with van der Waals surface area (Å²) < 4.78 is 0. The molecule has 0 aromatic heterocycles. The molecule has 0 saturated carbocycles. The highest BCUT2D eigenvalue weighted by molar-refractivity contribution is 5.78. The van der Waals surface area contributed by atoms with Gasteiger partial charge in [0.2, 0.25) is 5.91 Å². The van der Waals surface area contributed by atoms with Gasteiger partial charge in [0.15, 0.2) is 0 Å². The van der Waals surface area contributed by atoms with Crippen LogP contribution in [0.5, 0.6) is 0 Å². The minimum absolute atomic E-state index is 0.125. The molecule has 0 fully saturated rings. The molecule has 1 aromatic carbocycles. The number of amides is 1. The molecule has 0 N–H and O–H groups in total. The van der Waals surface area contributed by atoms with Gasteiger partial charge in [0.1, 0.15) is 0 Å². The average Bonchev–Trinajstić information content (AvgIpc) is 2.71. The van der Waals surface area contributed by atoms with Gasteiger partial charge >= 0.3 is 0 Å². The van der Waals surface area contributed by atoms with Gasteiger partial charge in [-0.25, -0.2) is 5.01 Å². The molecule has 0 radical (unpaired) electrons. The van der Waals surface area contributed by atoms with Crippen LogP contribution in [0.3, 0.4) is 0 Å². The molecule has 1 heterocycles. The minimum atomic E-state index is 0.125. The average molecular weight is 284 g/mol. The number of hydrogen-bond acceptors (Lipinski definition) is 2. The molecule has 1 aromatic rings. The smallest absolute Gasteiger partial charge is 0.242 e. The van der Waals surface area contributed by atoms with Gasteiger partial charge in [0, 0.05) is 19.2 Å². The quantitative estimate of drug-likeness (QED) is 0.818. The van der Waals surface area contributed by atoms with E-state index in [1.54, 1.807) is 6.92 Å².